The van der Waals surface area contributed by atoms with Crippen molar-refractivity contribution in [1.82, 2.24) is 4.31 Å². The van der Waals surface area contributed by atoms with E-state index in [9.17, 15) is 8.42 Å². The van der Waals surface area contributed by atoms with Gasteiger partial charge in [0.1, 0.15) is 4.21 Å². The zero-order valence-corrected chi connectivity index (χ0v) is 11.5. The average Bonchev–Trinajstić information content (AvgIpc) is 2.84. The van der Waals surface area contributed by atoms with Crippen LogP contribution >= 0.6 is 11.3 Å². The number of sulfonamides is 1. The third-order valence-corrected chi connectivity index (χ3v) is 6.07. The molecule has 0 saturated carbocycles. The Morgan fingerprint density at radius 2 is 2.41 bits per heavy atom. The summed E-state index contributed by atoms with van der Waals surface area (Å²) in [6.45, 7) is 3.65. The van der Waals surface area contributed by atoms with Crippen LogP contribution in [0.25, 0.3) is 0 Å². The highest BCUT2D eigenvalue weighted by Gasteiger charge is 2.30. The van der Waals surface area contributed by atoms with Crippen LogP contribution in [0.3, 0.4) is 0 Å². The van der Waals surface area contributed by atoms with Gasteiger partial charge in [0.05, 0.1) is 6.10 Å². The predicted octanol–water partition coefficient (Wildman–Crippen LogP) is 1.94. The molecular formula is C11H17NO3S2. The van der Waals surface area contributed by atoms with Gasteiger partial charge in [-0.1, -0.05) is 6.07 Å². The highest BCUT2D eigenvalue weighted by molar-refractivity contribution is 7.91. The highest BCUT2D eigenvalue weighted by atomic mass is 32.2. The van der Waals surface area contributed by atoms with Gasteiger partial charge in [-0.15, -0.1) is 11.3 Å². The van der Waals surface area contributed by atoms with Crippen molar-refractivity contribution in [3.8, 4) is 0 Å². The van der Waals surface area contributed by atoms with E-state index in [2.05, 4.69) is 0 Å². The summed E-state index contributed by atoms with van der Waals surface area (Å²) < 4.78 is 32.1. The minimum absolute atomic E-state index is 0.0449. The molecule has 1 fully saturated rings. The Kier molecular flexibility index (Phi) is 4.19. The van der Waals surface area contributed by atoms with Gasteiger partial charge in [0.25, 0.3) is 10.0 Å². The maximum absolute atomic E-state index is 12.3. The van der Waals surface area contributed by atoms with E-state index in [1.165, 1.54) is 11.3 Å². The molecule has 0 aromatic carbocycles. The maximum Gasteiger partial charge on any atom is 0.252 e. The van der Waals surface area contributed by atoms with Gasteiger partial charge in [-0.05, 0) is 31.2 Å². The smallest absolute Gasteiger partial charge is 0.252 e. The van der Waals surface area contributed by atoms with Crippen LogP contribution < -0.4 is 0 Å². The zero-order chi connectivity index (χ0) is 12.3. The minimum atomic E-state index is -3.30. The van der Waals surface area contributed by atoms with E-state index < -0.39 is 10.0 Å². The van der Waals surface area contributed by atoms with Gasteiger partial charge in [0.15, 0.2) is 0 Å². The summed E-state index contributed by atoms with van der Waals surface area (Å²) in [4.78, 5) is 0. The van der Waals surface area contributed by atoms with Crippen molar-refractivity contribution < 1.29 is 13.2 Å². The third-order valence-electron chi connectivity index (χ3n) is 2.83. The quantitative estimate of drug-likeness (QED) is 0.843. The van der Waals surface area contributed by atoms with Gasteiger partial charge >= 0.3 is 0 Å². The summed E-state index contributed by atoms with van der Waals surface area (Å²) >= 11 is 1.27. The van der Waals surface area contributed by atoms with Crippen LogP contribution in [0.4, 0.5) is 0 Å². The molecule has 17 heavy (non-hydrogen) atoms. The van der Waals surface area contributed by atoms with Gasteiger partial charge in [0.2, 0.25) is 0 Å². The van der Waals surface area contributed by atoms with E-state index in [0.29, 0.717) is 23.9 Å². The van der Waals surface area contributed by atoms with E-state index >= 15 is 0 Å². The van der Waals surface area contributed by atoms with Gasteiger partial charge in [-0.2, -0.15) is 4.31 Å². The Morgan fingerprint density at radius 3 is 3.06 bits per heavy atom. The summed E-state index contributed by atoms with van der Waals surface area (Å²) in [5.74, 6) is 0. The second-order valence-electron chi connectivity index (χ2n) is 4.01. The lowest BCUT2D eigenvalue weighted by Gasteiger charge is -2.31. The Balaban J connectivity index is 2.12. The average molecular weight is 275 g/mol. The van der Waals surface area contributed by atoms with E-state index in [1.54, 1.807) is 21.8 Å². The number of hydrogen-bond acceptors (Lipinski definition) is 4. The molecule has 96 valence electrons. The summed E-state index contributed by atoms with van der Waals surface area (Å²) in [7, 11) is -3.30. The standard InChI is InChI=1S/C11H17NO3S2/c1-2-15-10-5-3-7-12(9-10)17(13,14)11-6-4-8-16-11/h4,6,8,10H,2-3,5,7,9H2,1H3/t10-/m1/s1. The summed E-state index contributed by atoms with van der Waals surface area (Å²) in [6, 6.07) is 3.42. The monoisotopic (exact) mass is 275 g/mol. The first-order chi connectivity index (χ1) is 8.14. The zero-order valence-electron chi connectivity index (χ0n) is 9.83. The number of thiophene rings is 1. The van der Waals surface area contributed by atoms with Crippen molar-refractivity contribution in [1.29, 1.82) is 0 Å². The largest absolute Gasteiger partial charge is 0.377 e. The van der Waals surface area contributed by atoms with E-state index in [4.69, 9.17) is 4.74 Å². The van der Waals surface area contributed by atoms with E-state index in [0.717, 1.165) is 12.8 Å². The van der Waals surface area contributed by atoms with Crippen molar-refractivity contribution in [2.45, 2.75) is 30.1 Å². The normalized spacial score (nSPS) is 22.8. The summed E-state index contributed by atoms with van der Waals surface area (Å²) in [5.41, 5.74) is 0. The molecule has 4 nitrogen and oxygen atoms in total. The second-order valence-corrected chi connectivity index (χ2v) is 7.13. The Labute approximate surface area is 106 Å². The maximum atomic E-state index is 12.3. The van der Waals surface area contributed by atoms with Crippen molar-refractivity contribution in [3.63, 3.8) is 0 Å². The molecule has 2 heterocycles. The lowest BCUT2D eigenvalue weighted by atomic mass is 10.1. The molecular weight excluding hydrogens is 258 g/mol. The fraction of sp³-hybridized carbons (Fsp3) is 0.636. The Bertz CT molecular complexity index is 439. The molecule has 1 saturated heterocycles. The summed E-state index contributed by atoms with van der Waals surface area (Å²) in [5, 5.41) is 1.79. The van der Waals surface area contributed by atoms with E-state index in [-0.39, 0.29) is 6.10 Å². The minimum Gasteiger partial charge on any atom is -0.377 e. The molecule has 1 aromatic rings. The molecule has 1 aliphatic rings. The van der Waals surface area contributed by atoms with Gasteiger partial charge < -0.3 is 4.74 Å². The number of rotatable bonds is 4. The second kappa shape index (κ2) is 5.48. The van der Waals surface area contributed by atoms with Gasteiger partial charge in [0, 0.05) is 19.7 Å². The number of hydrogen-bond donors (Lipinski definition) is 0. The van der Waals surface area contributed by atoms with Gasteiger partial charge in [-0.3, -0.25) is 0 Å². The first kappa shape index (κ1) is 13.0. The molecule has 1 aliphatic heterocycles. The molecule has 1 aromatic heterocycles. The van der Waals surface area contributed by atoms with Gasteiger partial charge in [-0.25, -0.2) is 8.42 Å². The first-order valence-corrected chi connectivity index (χ1v) is 8.12. The molecule has 0 aliphatic carbocycles. The molecule has 0 bridgehead atoms. The van der Waals surface area contributed by atoms with Crippen LogP contribution in [0.2, 0.25) is 0 Å². The lowest BCUT2D eigenvalue weighted by Crippen LogP contribution is -2.42. The Morgan fingerprint density at radius 1 is 1.59 bits per heavy atom. The third kappa shape index (κ3) is 2.88. The van der Waals surface area contributed by atoms with Crippen LogP contribution in [0.5, 0.6) is 0 Å². The van der Waals surface area contributed by atoms with Crippen LogP contribution in [0.1, 0.15) is 19.8 Å². The number of nitrogens with zero attached hydrogens (tertiary/aromatic N) is 1. The molecule has 2 rings (SSSR count). The topological polar surface area (TPSA) is 46.6 Å². The predicted molar refractivity (Wildman–Crippen MR) is 67.7 cm³/mol. The van der Waals surface area contributed by atoms with Crippen molar-refractivity contribution in [3.05, 3.63) is 17.5 Å². The lowest BCUT2D eigenvalue weighted by molar-refractivity contribution is 0.0265. The molecule has 0 radical (unpaired) electrons. The van der Waals surface area contributed by atoms with Crippen LogP contribution in [-0.2, 0) is 14.8 Å². The SMILES string of the molecule is CCO[C@@H]1CCCN(S(=O)(=O)c2cccs2)C1. The van der Waals surface area contributed by atoms with Crippen LogP contribution in [0, 0.1) is 0 Å². The number of piperidine rings is 1. The molecule has 0 unspecified atom stereocenters. The first-order valence-electron chi connectivity index (χ1n) is 5.80. The molecule has 6 heteroatoms. The fourth-order valence-electron chi connectivity index (χ4n) is 2.03. The molecule has 0 spiro atoms. The highest BCUT2D eigenvalue weighted by Crippen LogP contribution is 2.24. The van der Waals surface area contributed by atoms with Crippen molar-refractivity contribution in [2.24, 2.45) is 0 Å². The van der Waals surface area contributed by atoms with Crippen molar-refractivity contribution in [2.75, 3.05) is 19.7 Å². The van der Waals surface area contributed by atoms with E-state index in [1.807, 2.05) is 6.92 Å². The summed E-state index contributed by atoms with van der Waals surface area (Å²) in [6.07, 6.45) is 1.86. The number of ether oxygens (including phenoxy) is 1. The van der Waals surface area contributed by atoms with Crippen LogP contribution in [0.15, 0.2) is 21.7 Å². The van der Waals surface area contributed by atoms with Crippen molar-refractivity contribution >= 4 is 21.4 Å². The van der Waals surface area contributed by atoms with Crippen LogP contribution in [-0.4, -0.2) is 38.5 Å². The Hall–Kier alpha value is -0.430. The molecule has 0 amide bonds. The molecule has 1 atom stereocenters. The molecule has 0 N–H and O–H groups in total. The fourth-order valence-corrected chi connectivity index (χ4v) is 4.69.